The highest BCUT2D eigenvalue weighted by Gasteiger charge is 2.09. The van der Waals surface area contributed by atoms with Crippen LogP contribution in [0, 0.1) is 11.6 Å². The van der Waals surface area contributed by atoms with Crippen LogP contribution in [-0.4, -0.2) is 25.0 Å². The minimum absolute atomic E-state index is 0.233. The Hall–Kier alpha value is -2.18. The van der Waals surface area contributed by atoms with E-state index in [1.807, 2.05) is 6.92 Å². The van der Waals surface area contributed by atoms with Crippen molar-refractivity contribution < 1.29 is 18.4 Å². The van der Waals surface area contributed by atoms with Crippen molar-refractivity contribution in [2.24, 2.45) is 0 Å². The molecular weight excluding hydrogens is 256 g/mol. The zero-order valence-electron chi connectivity index (χ0n) is 10.4. The van der Waals surface area contributed by atoms with Crippen molar-refractivity contribution in [3.05, 3.63) is 29.8 Å². The van der Waals surface area contributed by atoms with E-state index >= 15 is 0 Å². The molecule has 0 aromatic heterocycles. The van der Waals surface area contributed by atoms with Crippen molar-refractivity contribution >= 4 is 17.6 Å². The fraction of sp³-hybridized carbons (Fsp3) is 0.333. The predicted molar refractivity (Wildman–Crippen MR) is 66.7 cm³/mol. The maximum absolute atomic E-state index is 13.2. The standard InChI is InChI=1S/C12H15F2N3O2/c1-2-5-15-11(18)7-16-12(19)17-10-6-8(13)3-4-9(10)14/h3-4,6H,2,5,7H2,1H3,(H,15,18)(H2,16,17,19). The summed E-state index contributed by atoms with van der Waals surface area (Å²) in [6.45, 7) is 2.18. The first kappa shape index (κ1) is 14.9. The van der Waals surface area contributed by atoms with Crippen LogP contribution in [0.1, 0.15) is 13.3 Å². The van der Waals surface area contributed by atoms with E-state index in [-0.39, 0.29) is 18.1 Å². The number of amides is 3. The number of halogens is 2. The maximum Gasteiger partial charge on any atom is 0.319 e. The molecule has 0 aliphatic heterocycles. The SMILES string of the molecule is CCCNC(=O)CNC(=O)Nc1cc(F)ccc1F. The van der Waals surface area contributed by atoms with Crippen molar-refractivity contribution in [3.8, 4) is 0 Å². The van der Waals surface area contributed by atoms with Gasteiger partial charge < -0.3 is 16.0 Å². The Bertz CT molecular complexity index is 466. The number of anilines is 1. The van der Waals surface area contributed by atoms with Crippen LogP contribution in [0.25, 0.3) is 0 Å². The molecule has 1 aromatic rings. The molecule has 7 heteroatoms. The monoisotopic (exact) mass is 271 g/mol. The lowest BCUT2D eigenvalue weighted by atomic mass is 10.3. The van der Waals surface area contributed by atoms with Crippen molar-refractivity contribution in [1.82, 2.24) is 10.6 Å². The van der Waals surface area contributed by atoms with Crippen LogP contribution in [0.2, 0.25) is 0 Å². The number of benzene rings is 1. The molecule has 1 aromatic carbocycles. The lowest BCUT2D eigenvalue weighted by molar-refractivity contribution is -0.120. The minimum Gasteiger partial charge on any atom is -0.355 e. The predicted octanol–water partition coefficient (Wildman–Crippen LogP) is 1.61. The van der Waals surface area contributed by atoms with Crippen LogP contribution in [0.4, 0.5) is 19.3 Å². The van der Waals surface area contributed by atoms with Crippen LogP contribution in [-0.2, 0) is 4.79 Å². The largest absolute Gasteiger partial charge is 0.355 e. The van der Waals surface area contributed by atoms with Crippen molar-refractivity contribution in [1.29, 1.82) is 0 Å². The second-order valence-electron chi connectivity index (χ2n) is 3.78. The zero-order chi connectivity index (χ0) is 14.3. The van der Waals surface area contributed by atoms with E-state index in [1.165, 1.54) is 0 Å². The summed E-state index contributed by atoms with van der Waals surface area (Å²) >= 11 is 0. The van der Waals surface area contributed by atoms with Crippen LogP contribution < -0.4 is 16.0 Å². The van der Waals surface area contributed by atoms with Gasteiger partial charge in [-0.3, -0.25) is 4.79 Å². The normalized spacial score (nSPS) is 9.84. The van der Waals surface area contributed by atoms with Gasteiger partial charge in [-0.15, -0.1) is 0 Å². The van der Waals surface area contributed by atoms with Crippen LogP contribution in [0.15, 0.2) is 18.2 Å². The first-order valence-corrected chi connectivity index (χ1v) is 5.79. The zero-order valence-corrected chi connectivity index (χ0v) is 10.4. The average Bonchev–Trinajstić information content (AvgIpc) is 2.38. The third kappa shape index (κ3) is 5.33. The Morgan fingerprint density at radius 3 is 2.63 bits per heavy atom. The molecule has 19 heavy (non-hydrogen) atoms. The summed E-state index contributed by atoms with van der Waals surface area (Å²) in [5.74, 6) is -1.78. The summed E-state index contributed by atoms with van der Waals surface area (Å²) in [4.78, 5) is 22.6. The molecule has 0 saturated heterocycles. The number of urea groups is 1. The Labute approximate surface area is 109 Å². The molecule has 0 heterocycles. The molecule has 0 radical (unpaired) electrons. The fourth-order valence-electron chi connectivity index (χ4n) is 1.25. The Balaban J connectivity index is 2.43. The van der Waals surface area contributed by atoms with Crippen LogP contribution in [0.5, 0.6) is 0 Å². The van der Waals surface area contributed by atoms with Crippen LogP contribution in [0.3, 0.4) is 0 Å². The third-order valence-corrected chi connectivity index (χ3v) is 2.16. The van der Waals surface area contributed by atoms with Gasteiger partial charge in [0.1, 0.15) is 11.6 Å². The maximum atomic E-state index is 13.2. The topological polar surface area (TPSA) is 70.2 Å². The summed E-state index contributed by atoms with van der Waals surface area (Å²) in [5.41, 5.74) is -0.286. The van der Waals surface area contributed by atoms with E-state index in [0.717, 1.165) is 24.6 Å². The summed E-state index contributed by atoms with van der Waals surface area (Å²) in [6, 6.07) is 1.91. The fourth-order valence-corrected chi connectivity index (χ4v) is 1.25. The molecule has 0 atom stereocenters. The molecule has 0 unspecified atom stereocenters. The van der Waals surface area contributed by atoms with E-state index in [4.69, 9.17) is 0 Å². The lowest BCUT2D eigenvalue weighted by Crippen LogP contribution is -2.39. The van der Waals surface area contributed by atoms with Gasteiger partial charge in [0, 0.05) is 12.6 Å². The van der Waals surface area contributed by atoms with Gasteiger partial charge in [-0.2, -0.15) is 0 Å². The van der Waals surface area contributed by atoms with Gasteiger partial charge in [-0.1, -0.05) is 6.92 Å². The summed E-state index contributed by atoms with van der Waals surface area (Å²) < 4.78 is 26.1. The number of nitrogens with one attached hydrogen (secondary N) is 3. The van der Waals surface area contributed by atoms with Gasteiger partial charge in [0.25, 0.3) is 0 Å². The van der Waals surface area contributed by atoms with Gasteiger partial charge in [0.2, 0.25) is 5.91 Å². The van der Waals surface area contributed by atoms with Gasteiger partial charge in [-0.25, -0.2) is 13.6 Å². The Kier molecular flexibility index (Phi) is 5.72. The molecule has 3 N–H and O–H groups in total. The first-order valence-electron chi connectivity index (χ1n) is 5.79. The number of hydrogen-bond donors (Lipinski definition) is 3. The highest BCUT2D eigenvalue weighted by molar-refractivity contribution is 5.92. The molecule has 0 fully saturated rings. The molecule has 1 rings (SSSR count). The Morgan fingerprint density at radius 1 is 1.21 bits per heavy atom. The molecule has 0 saturated carbocycles. The highest BCUT2D eigenvalue weighted by atomic mass is 19.1. The van der Waals surface area contributed by atoms with Gasteiger partial charge in [0.15, 0.2) is 0 Å². The van der Waals surface area contributed by atoms with E-state index in [9.17, 15) is 18.4 Å². The second-order valence-corrected chi connectivity index (χ2v) is 3.78. The molecule has 0 aliphatic carbocycles. The number of rotatable bonds is 5. The van der Waals surface area contributed by atoms with Gasteiger partial charge in [-0.05, 0) is 18.6 Å². The number of hydrogen-bond acceptors (Lipinski definition) is 2. The van der Waals surface area contributed by atoms with E-state index in [0.29, 0.717) is 6.54 Å². The molecule has 104 valence electrons. The quantitative estimate of drug-likeness (QED) is 0.761. The second kappa shape index (κ2) is 7.30. The van der Waals surface area contributed by atoms with Gasteiger partial charge in [0.05, 0.1) is 12.2 Å². The molecule has 0 spiro atoms. The average molecular weight is 271 g/mol. The molecule has 0 aliphatic rings. The first-order chi connectivity index (χ1) is 9.02. The van der Waals surface area contributed by atoms with E-state index < -0.39 is 17.7 Å². The molecule has 3 amide bonds. The van der Waals surface area contributed by atoms with Crippen molar-refractivity contribution in [3.63, 3.8) is 0 Å². The highest BCUT2D eigenvalue weighted by Crippen LogP contribution is 2.14. The third-order valence-electron chi connectivity index (χ3n) is 2.16. The number of carbonyl (C=O) groups excluding carboxylic acids is 2. The Morgan fingerprint density at radius 2 is 1.95 bits per heavy atom. The molecular formula is C12H15F2N3O2. The minimum atomic E-state index is -0.781. The smallest absolute Gasteiger partial charge is 0.319 e. The van der Waals surface area contributed by atoms with Crippen molar-refractivity contribution in [2.75, 3.05) is 18.4 Å². The van der Waals surface area contributed by atoms with E-state index in [2.05, 4.69) is 16.0 Å². The molecule has 5 nitrogen and oxygen atoms in total. The summed E-state index contributed by atoms with van der Waals surface area (Å²) in [6.07, 6.45) is 0.784. The number of carbonyl (C=O) groups is 2. The summed E-state index contributed by atoms with van der Waals surface area (Å²) in [7, 11) is 0. The molecule has 0 bridgehead atoms. The van der Waals surface area contributed by atoms with E-state index in [1.54, 1.807) is 0 Å². The lowest BCUT2D eigenvalue weighted by Gasteiger charge is -2.08. The van der Waals surface area contributed by atoms with Crippen LogP contribution >= 0.6 is 0 Å². The van der Waals surface area contributed by atoms with Crippen molar-refractivity contribution in [2.45, 2.75) is 13.3 Å². The van der Waals surface area contributed by atoms with Gasteiger partial charge >= 0.3 is 6.03 Å². The summed E-state index contributed by atoms with van der Waals surface area (Å²) in [5, 5.41) is 6.91.